The van der Waals surface area contributed by atoms with E-state index in [1.807, 2.05) is 0 Å². The standard InChI is InChI=1S/C23H24O11/c1-30-15-8-14-17(19(27)22(15)31-2)12(25)7-13(33-14)10-3-5-11(6-4-10)32-23-21(29)20(28)18(26)16(9-24)34-23/h3-8,16,18,20-21,23-24,26-29H,9H2,1-2H3/t16-,18-,20-,21-,23-/m0/s1. The molecule has 0 radical (unpaired) electrons. The molecule has 2 aromatic carbocycles. The second-order valence-electron chi connectivity index (χ2n) is 7.65. The van der Waals surface area contributed by atoms with Crippen molar-refractivity contribution in [2.75, 3.05) is 20.8 Å². The Hall–Kier alpha value is -3.35. The first kappa shape index (κ1) is 23.8. The van der Waals surface area contributed by atoms with Gasteiger partial charge < -0.3 is 48.9 Å². The zero-order valence-electron chi connectivity index (χ0n) is 18.2. The van der Waals surface area contributed by atoms with Crippen molar-refractivity contribution in [2.24, 2.45) is 0 Å². The van der Waals surface area contributed by atoms with Crippen molar-refractivity contribution in [3.63, 3.8) is 0 Å². The molecule has 1 aliphatic rings. The summed E-state index contributed by atoms with van der Waals surface area (Å²) in [7, 11) is 2.73. The largest absolute Gasteiger partial charge is 0.504 e. The Morgan fingerprint density at radius 3 is 2.29 bits per heavy atom. The molecule has 5 atom stereocenters. The normalized spacial score (nSPS) is 24.7. The Morgan fingerprint density at radius 1 is 0.971 bits per heavy atom. The van der Waals surface area contributed by atoms with Crippen molar-refractivity contribution >= 4 is 11.0 Å². The molecule has 1 aliphatic heterocycles. The summed E-state index contributed by atoms with van der Waals surface area (Å²) in [6, 6.07) is 8.88. The molecule has 4 rings (SSSR count). The molecule has 5 N–H and O–H groups in total. The molecular formula is C23H24O11. The minimum absolute atomic E-state index is 0.0183. The van der Waals surface area contributed by atoms with Crippen molar-refractivity contribution in [1.29, 1.82) is 0 Å². The molecule has 11 nitrogen and oxygen atoms in total. The van der Waals surface area contributed by atoms with E-state index < -0.39 is 42.7 Å². The molecule has 1 aromatic heterocycles. The van der Waals surface area contributed by atoms with E-state index in [4.69, 9.17) is 23.4 Å². The van der Waals surface area contributed by atoms with Gasteiger partial charge in [-0.2, -0.15) is 0 Å². The average molecular weight is 476 g/mol. The van der Waals surface area contributed by atoms with Crippen LogP contribution < -0.4 is 19.6 Å². The minimum atomic E-state index is -1.56. The highest BCUT2D eigenvalue weighted by atomic mass is 16.7. The number of phenols is 1. The maximum Gasteiger partial charge on any atom is 0.229 e. The van der Waals surface area contributed by atoms with Crippen LogP contribution >= 0.6 is 0 Å². The van der Waals surface area contributed by atoms with Gasteiger partial charge >= 0.3 is 0 Å². The van der Waals surface area contributed by atoms with Crippen molar-refractivity contribution < 1.29 is 48.9 Å². The van der Waals surface area contributed by atoms with Crippen LogP contribution in [0.15, 0.2) is 45.6 Å². The average Bonchev–Trinajstić information content (AvgIpc) is 2.84. The third-order valence-electron chi connectivity index (χ3n) is 5.58. The lowest BCUT2D eigenvalue weighted by Crippen LogP contribution is -2.60. The molecule has 3 aromatic rings. The maximum absolute atomic E-state index is 12.7. The Labute approximate surface area is 192 Å². The zero-order valence-corrected chi connectivity index (χ0v) is 18.2. The van der Waals surface area contributed by atoms with Gasteiger partial charge in [-0.3, -0.25) is 4.79 Å². The number of aromatic hydroxyl groups is 1. The van der Waals surface area contributed by atoms with Crippen LogP contribution in [0.2, 0.25) is 0 Å². The first-order valence-corrected chi connectivity index (χ1v) is 10.3. The van der Waals surface area contributed by atoms with Gasteiger partial charge in [0.1, 0.15) is 46.9 Å². The van der Waals surface area contributed by atoms with Crippen LogP contribution in [0.1, 0.15) is 0 Å². The van der Waals surface area contributed by atoms with E-state index in [0.717, 1.165) is 0 Å². The van der Waals surface area contributed by atoms with Gasteiger partial charge in [-0.1, -0.05) is 0 Å². The molecule has 0 unspecified atom stereocenters. The van der Waals surface area contributed by atoms with E-state index in [0.29, 0.717) is 5.56 Å². The van der Waals surface area contributed by atoms with E-state index in [-0.39, 0.29) is 39.7 Å². The molecule has 0 saturated carbocycles. The summed E-state index contributed by atoms with van der Waals surface area (Å²) in [5.74, 6) is 0.282. The first-order valence-electron chi connectivity index (χ1n) is 10.3. The first-order chi connectivity index (χ1) is 16.3. The van der Waals surface area contributed by atoms with Crippen LogP contribution in [-0.4, -0.2) is 77.1 Å². The van der Waals surface area contributed by atoms with Crippen LogP contribution in [-0.2, 0) is 4.74 Å². The monoisotopic (exact) mass is 476 g/mol. The Bertz CT molecular complexity index is 1220. The number of hydrogen-bond acceptors (Lipinski definition) is 11. The SMILES string of the molecule is COc1cc2oc(-c3ccc(O[C@H]4O[C@@H](CO)[C@H](O)[C@H](O)[C@@H]4O)cc3)cc(=O)c2c(O)c1OC. The lowest BCUT2D eigenvalue weighted by atomic mass is 9.99. The number of hydrogen-bond donors (Lipinski definition) is 5. The summed E-state index contributed by atoms with van der Waals surface area (Å²) in [5.41, 5.74) is 0.116. The minimum Gasteiger partial charge on any atom is -0.504 e. The second kappa shape index (κ2) is 9.49. The lowest BCUT2D eigenvalue weighted by Gasteiger charge is -2.39. The molecule has 1 fully saturated rings. The van der Waals surface area contributed by atoms with E-state index in [1.165, 1.54) is 38.5 Å². The number of fused-ring (bicyclic) bond motifs is 1. The summed E-state index contributed by atoms with van der Waals surface area (Å²) >= 11 is 0. The highest BCUT2D eigenvalue weighted by Gasteiger charge is 2.44. The summed E-state index contributed by atoms with van der Waals surface area (Å²) < 4.78 is 27.0. The van der Waals surface area contributed by atoms with Gasteiger partial charge in [0.25, 0.3) is 0 Å². The van der Waals surface area contributed by atoms with Gasteiger partial charge in [-0.25, -0.2) is 0 Å². The summed E-state index contributed by atoms with van der Waals surface area (Å²) in [6.07, 6.45) is -7.02. The van der Waals surface area contributed by atoms with Crippen molar-refractivity contribution in [2.45, 2.75) is 30.7 Å². The van der Waals surface area contributed by atoms with E-state index in [9.17, 15) is 30.3 Å². The molecule has 0 amide bonds. The fraction of sp³-hybridized carbons (Fsp3) is 0.348. The second-order valence-corrected chi connectivity index (χ2v) is 7.65. The van der Waals surface area contributed by atoms with E-state index in [1.54, 1.807) is 12.1 Å². The molecule has 0 bridgehead atoms. The lowest BCUT2D eigenvalue weighted by molar-refractivity contribution is -0.277. The highest BCUT2D eigenvalue weighted by Crippen LogP contribution is 2.42. The Morgan fingerprint density at radius 2 is 1.68 bits per heavy atom. The molecule has 1 saturated heterocycles. The van der Waals surface area contributed by atoms with E-state index in [2.05, 4.69) is 0 Å². The smallest absolute Gasteiger partial charge is 0.229 e. The fourth-order valence-corrected chi connectivity index (χ4v) is 3.75. The van der Waals surface area contributed by atoms with Crippen molar-refractivity contribution in [3.05, 3.63) is 46.6 Å². The zero-order chi connectivity index (χ0) is 24.6. The number of aliphatic hydroxyl groups is 4. The van der Waals surface area contributed by atoms with Crippen LogP contribution in [0, 0.1) is 0 Å². The topological polar surface area (TPSA) is 168 Å². The Balaban J connectivity index is 1.62. The number of ether oxygens (including phenoxy) is 4. The van der Waals surface area contributed by atoms with Gasteiger partial charge in [0.2, 0.25) is 12.0 Å². The predicted molar refractivity (Wildman–Crippen MR) is 117 cm³/mol. The summed E-state index contributed by atoms with van der Waals surface area (Å²) in [6.45, 7) is -0.572. The van der Waals surface area contributed by atoms with Crippen LogP contribution in [0.3, 0.4) is 0 Å². The van der Waals surface area contributed by atoms with Crippen molar-refractivity contribution in [1.82, 2.24) is 0 Å². The molecule has 182 valence electrons. The quantitative estimate of drug-likeness (QED) is 0.333. The molecule has 0 spiro atoms. The van der Waals surface area contributed by atoms with Gasteiger partial charge in [-0.15, -0.1) is 0 Å². The van der Waals surface area contributed by atoms with Gasteiger partial charge in [0.15, 0.2) is 16.9 Å². The molecule has 2 heterocycles. The van der Waals surface area contributed by atoms with Gasteiger partial charge in [0.05, 0.1) is 20.8 Å². The fourth-order valence-electron chi connectivity index (χ4n) is 3.75. The van der Waals surface area contributed by atoms with E-state index >= 15 is 0 Å². The maximum atomic E-state index is 12.7. The van der Waals surface area contributed by atoms with Crippen LogP contribution in [0.4, 0.5) is 0 Å². The number of phenolic OH excluding ortho intramolecular Hbond substituents is 1. The number of benzene rings is 2. The third-order valence-corrected chi connectivity index (χ3v) is 5.58. The number of rotatable bonds is 6. The van der Waals surface area contributed by atoms with Crippen molar-refractivity contribution in [3.8, 4) is 34.3 Å². The predicted octanol–water partition coefficient (Wildman–Crippen LogP) is 0.361. The highest BCUT2D eigenvalue weighted by molar-refractivity contribution is 5.89. The van der Waals surface area contributed by atoms with Gasteiger partial charge in [-0.05, 0) is 24.3 Å². The Kier molecular flexibility index (Phi) is 6.64. The number of aliphatic hydroxyl groups excluding tert-OH is 4. The molecular weight excluding hydrogens is 452 g/mol. The third kappa shape index (κ3) is 4.15. The summed E-state index contributed by atoms with van der Waals surface area (Å²) in [4.78, 5) is 12.7. The van der Waals surface area contributed by atoms with Gasteiger partial charge in [0, 0.05) is 17.7 Å². The molecule has 34 heavy (non-hydrogen) atoms. The molecule has 11 heteroatoms. The van der Waals surface area contributed by atoms with Crippen LogP contribution in [0.25, 0.3) is 22.3 Å². The summed E-state index contributed by atoms with van der Waals surface area (Å²) in [5, 5.41) is 49.5. The number of methoxy groups -OCH3 is 2. The molecule has 0 aliphatic carbocycles. The van der Waals surface area contributed by atoms with Crippen LogP contribution in [0.5, 0.6) is 23.0 Å².